The molecule has 0 atom stereocenters. The minimum absolute atomic E-state index is 0.0583. The Labute approximate surface area is 125 Å². The van der Waals surface area contributed by atoms with Crippen LogP contribution in [0.5, 0.6) is 5.75 Å². The molecule has 1 heterocycles. The van der Waals surface area contributed by atoms with E-state index in [0.29, 0.717) is 12.4 Å². The van der Waals surface area contributed by atoms with Crippen molar-refractivity contribution < 1.29 is 9.66 Å². The van der Waals surface area contributed by atoms with E-state index in [0.717, 1.165) is 25.2 Å². The molecular weight excluding hydrogens is 270 g/mol. The Bertz CT molecular complexity index is 473. The van der Waals surface area contributed by atoms with Gasteiger partial charge in [-0.3, -0.25) is 10.1 Å². The van der Waals surface area contributed by atoms with Crippen molar-refractivity contribution in [1.29, 1.82) is 0 Å². The van der Waals surface area contributed by atoms with Crippen LogP contribution in [0.1, 0.15) is 26.2 Å². The van der Waals surface area contributed by atoms with Crippen molar-refractivity contribution in [3.8, 4) is 5.75 Å². The van der Waals surface area contributed by atoms with Gasteiger partial charge in [-0.05, 0) is 45.8 Å². The maximum absolute atomic E-state index is 10.9. The highest BCUT2D eigenvalue weighted by Crippen LogP contribution is 2.26. The molecule has 1 aromatic carbocycles. The SMILES string of the molecule is CCOc1cc(NCCCN2CCCC2)cc([N+](=O)[O-])c1. The Hall–Kier alpha value is -1.82. The Kier molecular flexibility index (Phi) is 5.80. The van der Waals surface area contributed by atoms with E-state index in [1.807, 2.05) is 13.0 Å². The molecule has 116 valence electrons. The van der Waals surface area contributed by atoms with Gasteiger partial charge in [0.1, 0.15) is 5.75 Å². The molecule has 21 heavy (non-hydrogen) atoms. The molecule has 0 saturated carbocycles. The van der Waals surface area contributed by atoms with Gasteiger partial charge in [0.25, 0.3) is 5.69 Å². The van der Waals surface area contributed by atoms with Gasteiger partial charge in [-0.2, -0.15) is 0 Å². The van der Waals surface area contributed by atoms with Gasteiger partial charge in [0.05, 0.1) is 17.6 Å². The van der Waals surface area contributed by atoms with Crippen LogP contribution in [0.3, 0.4) is 0 Å². The smallest absolute Gasteiger partial charge is 0.275 e. The molecule has 0 amide bonds. The van der Waals surface area contributed by atoms with Gasteiger partial charge >= 0.3 is 0 Å². The number of hydrogen-bond acceptors (Lipinski definition) is 5. The van der Waals surface area contributed by atoms with Crippen molar-refractivity contribution >= 4 is 11.4 Å². The molecule has 0 aliphatic carbocycles. The third kappa shape index (κ3) is 4.90. The molecule has 6 heteroatoms. The number of likely N-dealkylation sites (tertiary alicyclic amines) is 1. The number of non-ortho nitro benzene ring substituents is 1. The number of anilines is 1. The normalized spacial score (nSPS) is 15.1. The molecule has 1 aromatic rings. The third-order valence-electron chi connectivity index (χ3n) is 3.59. The maximum Gasteiger partial charge on any atom is 0.275 e. The van der Waals surface area contributed by atoms with E-state index in [4.69, 9.17) is 4.74 Å². The van der Waals surface area contributed by atoms with Gasteiger partial charge in [0.15, 0.2) is 0 Å². The zero-order valence-corrected chi connectivity index (χ0v) is 12.5. The lowest BCUT2D eigenvalue weighted by molar-refractivity contribution is -0.384. The van der Waals surface area contributed by atoms with E-state index in [9.17, 15) is 10.1 Å². The molecule has 1 aliphatic rings. The molecule has 1 saturated heterocycles. The van der Waals surface area contributed by atoms with E-state index in [1.54, 1.807) is 6.07 Å². The summed E-state index contributed by atoms with van der Waals surface area (Å²) in [7, 11) is 0. The summed E-state index contributed by atoms with van der Waals surface area (Å²) in [6.07, 6.45) is 3.64. The van der Waals surface area contributed by atoms with Crippen LogP contribution >= 0.6 is 0 Å². The molecule has 6 nitrogen and oxygen atoms in total. The second-order valence-corrected chi connectivity index (χ2v) is 5.23. The first-order chi connectivity index (χ1) is 10.2. The quantitative estimate of drug-likeness (QED) is 0.453. The zero-order chi connectivity index (χ0) is 15.1. The van der Waals surface area contributed by atoms with Crippen LogP contribution in [0.15, 0.2) is 18.2 Å². The van der Waals surface area contributed by atoms with Crippen LogP contribution in [-0.2, 0) is 0 Å². The minimum atomic E-state index is -0.391. The van der Waals surface area contributed by atoms with Crippen LogP contribution in [0.25, 0.3) is 0 Å². The lowest BCUT2D eigenvalue weighted by Crippen LogP contribution is -2.22. The van der Waals surface area contributed by atoms with Gasteiger partial charge in [0.2, 0.25) is 0 Å². The number of nitrogens with one attached hydrogen (secondary N) is 1. The molecular formula is C15H23N3O3. The van der Waals surface area contributed by atoms with E-state index < -0.39 is 4.92 Å². The summed E-state index contributed by atoms with van der Waals surface area (Å²) in [4.78, 5) is 13.0. The second-order valence-electron chi connectivity index (χ2n) is 5.23. The van der Waals surface area contributed by atoms with Crippen LogP contribution < -0.4 is 10.1 Å². The van der Waals surface area contributed by atoms with Crippen molar-refractivity contribution in [1.82, 2.24) is 4.90 Å². The number of rotatable bonds is 8. The third-order valence-corrected chi connectivity index (χ3v) is 3.59. The molecule has 1 fully saturated rings. The Morgan fingerprint density at radius 3 is 2.76 bits per heavy atom. The maximum atomic E-state index is 10.9. The zero-order valence-electron chi connectivity index (χ0n) is 12.5. The van der Waals surface area contributed by atoms with Crippen molar-refractivity contribution in [3.05, 3.63) is 28.3 Å². The number of nitro benzene ring substituents is 1. The number of ether oxygens (including phenoxy) is 1. The predicted molar refractivity (Wildman–Crippen MR) is 83.0 cm³/mol. The molecule has 0 radical (unpaired) electrons. The molecule has 1 aliphatic heterocycles. The fourth-order valence-corrected chi connectivity index (χ4v) is 2.58. The molecule has 0 unspecified atom stereocenters. The van der Waals surface area contributed by atoms with Gasteiger partial charge < -0.3 is 15.0 Å². The van der Waals surface area contributed by atoms with Gasteiger partial charge in [-0.15, -0.1) is 0 Å². The molecule has 0 aromatic heterocycles. The van der Waals surface area contributed by atoms with Crippen LogP contribution in [-0.4, -0.2) is 42.6 Å². The highest BCUT2D eigenvalue weighted by atomic mass is 16.6. The average Bonchev–Trinajstić information content (AvgIpc) is 2.97. The monoisotopic (exact) mass is 293 g/mol. The second kappa shape index (κ2) is 7.83. The van der Waals surface area contributed by atoms with E-state index >= 15 is 0 Å². The van der Waals surface area contributed by atoms with Crippen molar-refractivity contribution in [2.24, 2.45) is 0 Å². The summed E-state index contributed by atoms with van der Waals surface area (Å²) in [5.74, 6) is 0.536. The largest absolute Gasteiger partial charge is 0.494 e. The number of benzene rings is 1. The first-order valence-electron chi connectivity index (χ1n) is 7.57. The Balaban J connectivity index is 1.86. The topological polar surface area (TPSA) is 67.6 Å². The highest BCUT2D eigenvalue weighted by molar-refractivity contribution is 5.56. The molecule has 1 N–H and O–H groups in total. The summed E-state index contributed by atoms with van der Waals surface area (Å²) < 4.78 is 5.37. The Morgan fingerprint density at radius 2 is 2.10 bits per heavy atom. The standard InChI is InChI=1S/C15H23N3O3/c1-2-21-15-11-13(10-14(12-15)18(19)20)16-6-5-9-17-7-3-4-8-17/h10-12,16H,2-9H2,1H3. The fraction of sp³-hybridized carbons (Fsp3) is 0.600. The minimum Gasteiger partial charge on any atom is -0.494 e. The molecule has 0 bridgehead atoms. The molecule has 2 rings (SSSR count). The van der Waals surface area contributed by atoms with Crippen molar-refractivity contribution in [2.45, 2.75) is 26.2 Å². The number of nitro groups is 1. The fourth-order valence-electron chi connectivity index (χ4n) is 2.58. The van der Waals surface area contributed by atoms with Crippen molar-refractivity contribution in [2.75, 3.05) is 38.1 Å². The van der Waals surface area contributed by atoms with Gasteiger partial charge in [-0.25, -0.2) is 0 Å². The van der Waals surface area contributed by atoms with Gasteiger partial charge in [0, 0.05) is 24.4 Å². The lowest BCUT2D eigenvalue weighted by Gasteiger charge is -2.15. The van der Waals surface area contributed by atoms with E-state index in [2.05, 4.69) is 10.2 Å². The summed E-state index contributed by atoms with van der Waals surface area (Å²) in [6, 6.07) is 4.82. The summed E-state index contributed by atoms with van der Waals surface area (Å²) >= 11 is 0. The first-order valence-corrected chi connectivity index (χ1v) is 7.57. The van der Waals surface area contributed by atoms with Gasteiger partial charge in [-0.1, -0.05) is 0 Å². The first kappa shape index (κ1) is 15.6. The van der Waals surface area contributed by atoms with Crippen LogP contribution in [0, 0.1) is 10.1 Å². The van der Waals surface area contributed by atoms with E-state index in [-0.39, 0.29) is 5.69 Å². The molecule has 0 spiro atoms. The summed E-state index contributed by atoms with van der Waals surface area (Å²) in [5, 5.41) is 14.2. The highest BCUT2D eigenvalue weighted by Gasteiger charge is 2.12. The Morgan fingerprint density at radius 1 is 1.33 bits per heavy atom. The predicted octanol–water partition coefficient (Wildman–Crippen LogP) is 2.89. The number of hydrogen-bond donors (Lipinski definition) is 1. The summed E-state index contributed by atoms with van der Waals surface area (Å²) in [6.45, 7) is 6.65. The lowest BCUT2D eigenvalue weighted by atomic mass is 10.2. The van der Waals surface area contributed by atoms with Crippen LogP contribution in [0.4, 0.5) is 11.4 Å². The summed E-state index contributed by atoms with van der Waals surface area (Å²) in [5.41, 5.74) is 0.803. The van der Waals surface area contributed by atoms with Crippen LogP contribution in [0.2, 0.25) is 0 Å². The number of nitrogens with zero attached hydrogens (tertiary/aromatic N) is 2. The van der Waals surface area contributed by atoms with E-state index in [1.165, 1.54) is 32.0 Å². The van der Waals surface area contributed by atoms with Crippen molar-refractivity contribution in [3.63, 3.8) is 0 Å². The average molecular weight is 293 g/mol.